The Morgan fingerprint density at radius 2 is 1.71 bits per heavy atom. The average Bonchev–Trinajstić information content (AvgIpc) is 2.82. The van der Waals surface area contributed by atoms with Gasteiger partial charge in [0, 0.05) is 28.0 Å². The van der Waals surface area contributed by atoms with Gasteiger partial charge in [-0.1, -0.05) is 24.3 Å². The molecule has 0 N–H and O–H groups in total. The van der Waals surface area contributed by atoms with Crippen LogP contribution >= 0.6 is 11.8 Å². The molecule has 0 radical (unpaired) electrons. The first kappa shape index (κ1) is 21.3. The minimum atomic E-state index is 0.790. The molecular weight excluding hydrogens is 402 g/mol. The summed E-state index contributed by atoms with van der Waals surface area (Å²) in [6.45, 7) is 6.27. The maximum absolute atomic E-state index is 6.35. The van der Waals surface area contributed by atoms with Gasteiger partial charge < -0.3 is 9.15 Å². The molecule has 2 aromatic rings. The summed E-state index contributed by atoms with van der Waals surface area (Å²) in [6, 6.07) is 21.1. The molecule has 1 aliphatic heterocycles. The van der Waals surface area contributed by atoms with Gasteiger partial charge in [0.05, 0.1) is 13.2 Å². The standard InChI is InChI=1S/C27H28NO2S/c1-5-28(6-2)20-10-15-24-23(14-9-19-7-12-22(31-4)13-8-19)25-16-11-21(29-3)18-27(25)30-26(24)17-20/h7-18H,5-6H2,1-4H3/q+1/b14-9+. The Labute approximate surface area is 188 Å². The molecule has 0 atom stereocenters. The highest BCUT2D eigenvalue weighted by Gasteiger charge is 2.16. The number of benzene rings is 3. The third-order valence-electron chi connectivity index (χ3n) is 5.64. The minimum Gasteiger partial charge on any atom is -0.497 e. The zero-order valence-corrected chi connectivity index (χ0v) is 19.3. The lowest BCUT2D eigenvalue weighted by Gasteiger charge is -2.13. The van der Waals surface area contributed by atoms with Crippen molar-refractivity contribution in [2.24, 2.45) is 0 Å². The van der Waals surface area contributed by atoms with Crippen molar-refractivity contribution in [3.8, 4) is 17.1 Å². The number of fused-ring (bicyclic) bond motifs is 2. The van der Waals surface area contributed by atoms with Crippen LogP contribution < -0.4 is 14.7 Å². The van der Waals surface area contributed by atoms with Crippen LogP contribution in [0.2, 0.25) is 0 Å². The quantitative estimate of drug-likeness (QED) is 0.205. The Balaban J connectivity index is 1.93. The average molecular weight is 431 g/mol. The van der Waals surface area contributed by atoms with E-state index in [2.05, 4.69) is 85.4 Å². The Kier molecular flexibility index (Phi) is 6.47. The van der Waals surface area contributed by atoms with E-state index in [-0.39, 0.29) is 0 Å². The zero-order chi connectivity index (χ0) is 21.8. The summed E-state index contributed by atoms with van der Waals surface area (Å²) < 4.78 is 14.1. The van der Waals surface area contributed by atoms with Gasteiger partial charge in [0.2, 0.25) is 5.36 Å². The summed E-state index contributed by atoms with van der Waals surface area (Å²) in [5.74, 6) is 1.67. The molecule has 1 heterocycles. The monoisotopic (exact) mass is 430 g/mol. The van der Waals surface area contributed by atoms with Crippen LogP contribution in [0.1, 0.15) is 25.0 Å². The van der Waals surface area contributed by atoms with Gasteiger partial charge >= 0.3 is 0 Å². The van der Waals surface area contributed by atoms with Gasteiger partial charge in [-0.3, -0.25) is 0 Å². The molecule has 31 heavy (non-hydrogen) atoms. The van der Waals surface area contributed by atoms with E-state index in [1.165, 1.54) is 15.8 Å². The van der Waals surface area contributed by atoms with Gasteiger partial charge in [-0.2, -0.15) is 0 Å². The fourth-order valence-electron chi connectivity index (χ4n) is 3.88. The molecule has 0 bridgehead atoms. The molecule has 0 unspecified atom stereocenters. The predicted octanol–water partition coefficient (Wildman–Crippen LogP) is 6.25. The number of rotatable bonds is 6. The first-order chi connectivity index (χ1) is 15.2. The largest absolute Gasteiger partial charge is 0.497 e. The Morgan fingerprint density at radius 1 is 0.935 bits per heavy atom. The van der Waals surface area contributed by atoms with Gasteiger partial charge in [0.25, 0.3) is 0 Å². The van der Waals surface area contributed by atoms with E-state index < -0.39 is 0 Å². The topological polar surface area (TPSA) is 25.4 Å². The number of nitrogens with zero attached hydrogens (tertiary/aromatic N) is 1. The molecule has 3 nitrogen and oxygen atoms in total. The second-order valence-electron chi connectivity index (χ2n) is 7.34. The maximum atomic E-state index is 6.35. The van der Waals surface area contributed by atoms with Crippen LogP contribution in [0.4, 0.5) is 0 Å². The van der Waals surface area contributed by atoms with Crippen molar-refractivity contribution in [2.45, 2.75) is 18.7 Å². The number of methoxy groups -OCH3 is 1. The number of hydrogen-bond donors (Lipinski definition) is 0. The Morgan fingerprint density at radius 3 is 2.39 bits per heavy atom. The number of ether oxygens (including phenoxy) is 1. The van der Waals surface area contributed by atoms with Crippen molar-refractivity contribution >= 4 is 34.9 Å². The van der Waals surface area contributed by atoms with Gasteiger partial charge in [-0.05, 0) is 61.6 Å². The Bertz CT molecular complexity index is 1260. The van der Waals surface area contributed by atoms with E-state index in [0.717, 1.165) is 46.7 Å². The van der Waals surface area contributed by atoms with Crippen LogP contribution in [-0.2, 0) is 0 Å². The third kappa shape index (κ3) is 4.40. The molecule has 2 aliphatic rings. The molecule has 0 saturated carbocycles. The molecule has 0 spiro atoms. The molecule has 2 aromatic carbocycles. The van der Waals surface area contributed by atoms with Crippen molar-refractivity contribution in [3.63, 3.8) is 0 Å². The van der Waals surface area contributed by atoms with Gasteiger partial charge in [-0.15, -0.1) is 11.8 Å². The fourth-order valence-corrected chi connectivity index (χ4v) is 4.29. The van der Waals surface area contributed by atoms with Crippen molar-refractivity contribution in [3.05, 3.63) is 77.1 Å². The normalized spacial score (nSPS) is 11.5. The first-order valence-corrected chi connectivity index (χ1v) is 11.8. The van der Waals surface area contributed by atoms with Gasteiger partial charge in [0.1, 0.15) is 30.2 Å². The summed E-state index contributed by atoms with van der Waals surface area (Å²) in [7, 11) is 1.68. The van der Waals surface area contributed by atoms with Gasteiger partial charge in [0.15, 0.2) is 0 Å². The minimum absolute atomic E-state index is 0.790. The third-order valence-corrected chi connectivity index (χ3v) is 6.38. The fraction of sp³-hybridized carbons (Fsp3) is 0.222. The number of thioether (sulfide) groups is 1. The van der Waals surface area contributed by atoms with Crippen LogP contribution in [0, 0.1) is 0 Å². The van der Waals surface area contributed by atoms with Crippen molar-refractivity contribution in [2.75, 3.05) is 26.5 Å². The van der Waals surface area contributed by atoms with E-state index in [0.29, 0.717) is 0 Å². The van der Waals surface area contributed by atoms with E-state index >= 15 is 0 Å². The molecule has 0 fully saturated rings. The summed E-state index contributed by atoms with van der Waals surface area (Å²) >= 11 is 1.75. The molecular formula is C27H28NO2S+. The summed E-state index contributed by atoms with van der Waals surface area (Å²) in [4.78, 5) is 1.27. The highest BCUT2D eigenvalue weighted by Crippen LogP contribution is 2.35. The lowest BCUT2D eigenvalue weighted by molar-refractivity contribution is 0.414. The van der Waals surface area contributed by atoms with Crippen LogP contribution in [-0.4, -0.2) is 26.5 Å². The van der Waals surface area contributed by atoms with Crippen LogP contribution in [0.3, 0.4) is 0 Å². The van der Waals surface area contributed by atoms with Gasteiger partial charge in [-0.25, -0.2) is 4.58 Å². The lowest BCUT2D eigenvalue weighted by atomic mass is 9.98. The van der Waals surface area contributed by atoms with E-state index in [1.807, 2.05) is 12.1 Å². The van der Waals surface area contributed by atoms with Crippen molar-refractivity contribution in [1.82, 2.24) is 4.58 Å². The zero-order valence-electron chi connectivity index (χ0n) is 18.5. The van der Waals surface area contributed by atoms with Crippen molar-refractivity contribution in [1.29, 1.82) is 0 Å². The molecule has 4 heteroatoms. The highest BCUT2D eigenvalue weighted by molar-refractivity contribution is 7.98. The van der Waals surface area contributed by atoms with E-state index in [4.69, 9.17) is 9.15 Å². The van der Waals surface area contributed by atoms with E-state index in [9.17, 15) is 0 Å². The van der Waals surface area contributed by atoms with E-state index in [1.54, 1.807) is 18.9 Å². The summed E-state index contributed by atoms with van der Waals surface area (Å²) in [5.41, 5.74) is 4.25. The highest BCUT2D eigenvalue weighted by atomic mass is 32.2. The Hall–Kier alpha value is -2.98. The van der Waals surface area contributed by atoms with Crippen LogP contribution in [0.5, 0.6) is 5.75 Å². The smallest absolute Gasteiger partial charge is 0.203 e. The molecule has 4 rings (SSSR count). The summed E-state index contributed by atoms with van der Waals surface area (Å²) in [5, 5.41) is 2.24. The molecule has 158 valence electrons. The van der Waals surface area contributed by atoms with Crippen LogP contribution in [0.25, 0.3) is 34.4 Å². The molecule has 0 amide bonds. The molecule has 1 aliphatic carbocycles. The number of hydrogen-bond acceptors (Lipinski definition) is 3. The SMILES string of the molecule is CC[N+](CC)=c1ccc2c(/C=C/c3ccc(SC)cc3)c3ccc(OC)cc3oc-2c1. The second-order valence-corrected chi connectivity index (χ2v) is 8.22. The van der Waals surface area contributed by atoms with Crippen molar-refractivity contribution < 1.29 is 9.15 Å². The molecule has 0 saturated heterocycles. The van der Waals surface area contributed by atoms with Crippen LogP contribution in [0.15, 0.2) is 70.0 Å². The predicted molar refractivity (Wildman–Crippen MR) is 133 cm³/mol. The first-order valence-electron chi connectivity index (χ1n) is 10.6. The second kappa shape index (κ2) is 9.44. The maximum Gasteiger partial charge on any atom is 0.203 e. The lowest BCUT2D eigenvalue weighted by Crippen LogP contribution is -2.29. The molecule has 0 aromatic heterocycles. The summed E-state index contributed by atoms with van der Waals surface area (Å²) in [6.07, 6.45) is 6.45.